The van der Waals surface area contributed by atoms with Gasteiger partial charge in [0.2, 0.25) is 0 Å². The zero-order valence-corrected chi connectivity index (χ0v) is 11.4. The summed E-state index contributed by atoms with van der Waals surface area (Å²) in [6.45, 7) is 3.89. The molecule has 2 aromatic rings. The van der Waals surface area contributed by atoms with Crippen LogP contribution in [0, 0.1) is 0 Å². The van der Waals surface area contributed by atoms with Gasteiger partial charge in [-0.05, 0) is 43.7 Å². The number of rotatable bonds is 2. The smallest absolute Gasteiger partial charge is 0.159 e. The van der Waals surface area contributed by atoms with Crippen molar-refractivity contribution >= 4 is 22.2 Å². The number of ketones is 1. The van der Waals surface area contributed by atoms with Crippen LogP contribution in [-0.4, -0.2) is 18.9 Å². The molecule has 0 aromatic heterocycles. The minimum atomic E-state index is 0.135. The van der Waals surface area contributed by atoms with Gasteiger partial charge in [-0.1, -0.05) is 24.3 Å². The number of carbonyl (C=O) groups excluding carboxylic acids is 1. The number of benzene rings is 2. The zero-order chi connectivity index (χ0) is 13.2. The molecule has 2 aromatic carbocycles. The van der Waals surface area contributed by atoms with Gasteiger partial charge in [-0.15, -0.1) is 0 Å². The first-order valence-electron chi connectivity index (χ1n) is 7.04. The van der Waals surface area contributed by atoms with Gasteiger partial charge in [0.25, 0.3) is 0 Å². The van der Waals surface area contributed by atoms with E-state index in [1.165, 1.54) is 35.7 Å². The van der Waals surface area contributed by atoms with Gasteiger partial charge < -0.3 is 4.90 Å². The normalized spacial score (nSPS) is 15.7. The maximum atomic E-state index is 11.6. The number of hydrogen-bond donors (Lipinski definition) is 0. The molecule has 0 spiro atoms. The Kier molecular flexibility index (Phi) is 3.24. The third kappa shape index (κ3) is 2.35. The highest BCUT2D eigenvalue weighted by Crippen LogP contribution is 2.29. The fourth-order valence-corrected chi connectivity index (χ4v) is 2.89. The molecule has 3 rings (SSSR count). The molecule has 19 heavy (non-hydrogen) atoms. The Morgan fingerprint density at radius 2 is 1.84 bits per heavy atom. The quantitative estimate of drug-likeness (QED) is 0.753. The molecule has 0 N–H and O–H groups in total. The first-order valence-corrected chi connectivity index (χ1v) is 7.04. The molecule has 0 radical (unpaired) electrons. The molecule has 0 amide bonds. The minimum absolute atomic E-state index is 0.135. The highest BCUT2D eigenvalue weighted by Gasteiger charge is 2.14. The predicted octanol–water partition coefficient (Wildman–Crippen LogP) is 4.03. The first kappa shape index (κ1) is 12.2. The molecular weight excluding hydrogens is 234 g/mol. The second-order valence-electron chi connectivity index (χ2n) is 5.32. The first-order chi connectivity index (χ1) is 9.25. The van der Waals surface area contributed by atoms with Crippen molar-refractivity contribution < 1.29 is 4.79 Å². The van der Waals surface area contributed by atoms with E-state index in [-0.39, 0.29) is 5.78 Å². The number of anilines is 1. The highest BCUT2D eigenvalue weighted by atomic mass is 16.1. The molecule has 1 fully saturated rings. The van der Waals surface area contributed by atoms with Gasteiger partial charge in [-0.3, -0.25) is 4.79 Å². The number of carbonyl (C=O) groups is 1. The summed E-state index contributed by atoms with van der Waals surface area (Å²) in [7, 11) is 0. The number of fused-ring (bicyclic) bond motifs is 1. The maximum Gasteiger partial charge on any atom is 0.159 e. The lowest BCUT2D eigenvalue weighted by Crippen LogP contribution is -2.29. The lowest BCUT2D eigenvalue weighted by molar-refractivity contribution is 0.101. The maximum absolute atomic E-state index is 11.6. The number of hydrogen-bond acceptors (Lipinski definition) is 2. The Bertz CT molecular complexity index is 612. The minimum Gasteiger partial charge on any atom is -0.371 e. The Morgan fingerprint density at radius 3 is 2.58 bits per heavy atom. The number of piperidine rings is 1. The van der Waals surface area contributed by atoms with Gasteiger partial charge in [-0.25, -0.2) is 0 Å². The summed E-state index contributed by atoms with van der Waals surface area (Å²) in [5.41, 5.74) is 2.08. The van der Waals surface area contributed by atoms with Crippen molar-refractivity contribution in [2.24, 2.45) is 0 Å². The molecule has 1 heterocycles. The van der Waals surface area contributed by atoms with E-state index in [1.807, 2.05) is 12.1 Å². The average Bonchev–Trinajstić information content (AvgIpc) is 2.47. The summed E-state index contributed by atoms with van der Waals surface area (Å²) in [6.07, 6.45) is 3.87. The molecule has 98 valence electrons. The predicted molar refractivity (Wildman–Crippen MR) is 80.0 cm³/mol. The van der Waals surface area contributed by atoms with Gasteiger partial charge in [0.05, 0.1) is 0 Å². The van der Waals surface area contributed by atoms with E-state index >= 15 is 0 Å². The molecule has 0 bridgehead atoms. The summed E-state index contributed by atoms with van der Waals surface area (Å²) in [6, 6.07) is 12.4. The Morgan fingerprint density at radius 1 is 1.05 bits per heavy atom. The van der Waals surface area contributed by atoms with Crippen molar-refractivity contribution in [3.8, 4) is 0 Å². The van der Waals surface area contributed by atoms with Crippen molar-refractivity contribution in [2.45, 2.75) is 26.2 Å². The van der Waals surface area contributed by atoms with Crippen LogP contribution in [0.1, 0.15) is 36.5 Å². The molecule has 0 unspecified atom stereocenters. The van der Waals surface area contributed by atoms with Gasteiger partial charge in [-0.2, -0.15) is 0 Å². The summed E-state index contributed by atoms with van der Waals surface area (Å²) < 4.78 is 0. The highest BCUT2D eigenvalue weighted by molar-refractivity contribution is 6.02. The molecular formula is C17H19NO. The van der Waals surface area contributed by atoms with Crippen LogP contribution in [0.3, 0.4) is 0 Å². The fourth-order valence-electron chi connectivity index (χ4n) is 2.89. The van der Waals surface area contributed by atoms with E-state index < -0.39 is 0 Å². The standard InChI is InChI=1S/C17H19NO/c1-13(19)15-9-8-14-6-5-7-17(16(14)12-15)18-10-3-2-4-11-18/h5-9,12H,2-4,10-11H2,1H3. The van der Waals surface area contributed by atoms with Crippen LogP contribution >= 0.6 is 0 Å². The van der Waals surface area contributed by atoms with Crippen LogP contribution in [0.15, 0.2) is 36.4 Å². The largest absolute Gasteiger partial charge is 0.371 e. The van der Waals surface area contributed by atoms with Crippen molar-refractivity contribution in [1.29, 1.82) is 0 Å². The van der Waals surface area contributed by atoms with E-state index in [1.54, 1.807) is 6.92 Å². The van der Waals surface area contributed by atoms with E-state index in [4.69, 9.17) is 0 Å². The summed E-state index contributed by atoms with van der Waals surface area (Å²) in [4.78, 5) is 14.0. The topological polar surface area (TPSA) is 20.3 Å². The molecule has 0 atom stereocenters. The van der Waals surface area contributed by atoms with Crippen LogP contribution in [0.2, 0.25) is 0 Å². The number of nitrogens with zero attached hydrogens (tertiary/aromatic N) is 1. The number of Topliss-reactive ketones (excluding diaryl/α,β-unsaturated/α-hetero) is 1. The monoisotopic (exact) mass is 253 g/mol. The van der Waals surface area contributed by atoms with Crippen LogP contribution in [0.5, 0.6) is 0 Å². The van der Waals surface area contributed by atoms with Crippen molar-refractivity contribution in [2.75, 3.05) is 18.0 Å². The zero-order valence-electron chi connectivity index (χ0n) is 11.4. The summed E-state index contributed by atoms with van der Waals surface area (Å²) in [5.74, 6) is 0.135. The third-order valence-corrected chi connectivity index (χ3v) is 3.96. The second kappa shape index (κ2) is 5.04. The molecule has 2 heteroatoms. The Labute approximate surface area is 114 Å². The average molecular weight is 253 g/mol. The molecule has 1 aliphatic heterocycles. The summed E-state index contributed by atoms with van der Waals surface area (Å²) in [5, 5.41) is 2.42. The van der Waals surface area contributed by atoms with Crippen molar-refractivity contribution in [3.05, 3.63) is 42.0 Å². The second-order valence-corrected chi connectivity index (χ2v) is 5.32. The molecule has 1 aliphatic rings. The van der Waals surface area contributed by atoms with Crippen LogP contribution < -0.4 is 4.90 Å². The molecule has 1 saturated heterocycles. The fraction of sp³-hybridized carbons (Fsp3) is 0.353. The van der Waals surface area contributed by atoms with Crippen molar-refractivity contribution in [1.82, 2.24) is 0 Å². The molecule has 0 saturated carbocycles. The van der Waals surface area contributed by atoms with Gasteiger partial charge >= 0.3 is 0 Å². The lowest BCUT2D eigenvalue weighted by atomic mass is 10.0. The molecule has 0 aliphatic carbocycles. The SMILES string of the molecule is CC(=O)c1ccc2cccc(N3CCCCC3)c2c1. The van der Waals surface area contributed by atoms with Gasteiger partial charge in [0.1, 0.15) is 0 Å². The Balaban J connectivity index is 2.11. The van der Waals surface area contributed by atoms with Crippen LogP contribution in [-0.2, 0) is 0 Å². The van der Waals surface area contributed by atoms with E-state index in [9.17, 15) is 4.79 Å². The van der Waals surface area contributed by atoms with Gasteiger partial charge in [0.15, 0.2) is 5.78 Å². The van der Waals surface area contributed by atoms with E-state index in [0.29, 0.717) is 0 Å². The van der Waals surface area contributed by atoms with E-state index in [2.05, 4.69) is 29.2 Å². The lowest BCUT2D eigenvalue weighted by Gasteiger charge is -2.30. The van der Waals surface area contributed by atoms with E-state index in [0.717, 1.165) is 18.7 Å². The molecule has 2 nitrogen and oxygen atoms in total. The van der Waals surface area contributed by atoms with Crippen LogP contribution in [0.4, 0.5) is 5.69 Å². The van der Waals surface area contributed by atoms with Gasteiger partial charge in [0, 0.05) is 29.7 Å². The Hall–Kier alpha value is -1.83. The summed E-state index contributed by atoms with van der Waals surface area (Å²) >= 11 is 0. The third-order valence-electron chi connectivity index (χ3n) is 3.96. The van der Waals surface area contributed by atoms with Crippen LogP contribution in [0.25, 0.3) is 10.8 Å². The van der Waals surface area contributed by atoms with Crippen molar-refractivity contribution in [3.63, 3.8) is 0 Å².